The number of carbonyl (C=O) groups excluding carboxylic acids is 1. The fourth-order valence-electron chi connectivity index (χ4n) is 1.54. The number of carbonyl (C=O) groups is 1. The number of halogens is 2. The van der Waals surface area contributed by atoms with E-state index in [4.69, 9.17) is 10.5 Å². The first-order chi connectivity index (χ1) is 8.08. The Balaban J connectivity index is 0. The minimum absolute atomic E-state index is 0. The third kappa shape index (κ3) is 9.73. The van der Waals surface area contributed by atoms with Gasteiger partial charge in [-0.05, 0) is 19.7 Å². The highest BCUT2D eigenvalue weighted by Crippen LogP contribution is 2.02. The van der Waals surface area contributed by atoms with Crippen molar-refractivity contribution in [3.63, 3.8) is 0 Å². The van der Waals surface area contributed by atoms with Crippen LogP contribution in [0.25, 0.3) is 0 Å². The van der Waals surface area contributed by atoms with Gasteiger partial charge in [-0.25, -0.2) is 0 Å². The van der Waals surface area contributed by atoms with Crippen molar-refractivity contribution in [2.45, 2.75) is 19.1 Å². The molecule has 0 fully saturated rings. The van der Waals surface area contributed by atoms with Gasteiger partial charge in [-0.15, -0.1) is 24.8 Å². The topological polar surface area (TPSA) is 55.6 Å². The molecular weight excluding hydrogens is 287 g/mol. The van der Waals surface area contributed by atoms with E-state index in [0.29, 0.717) is 13.2 Å². The average Bonchev–Trinajstić information content (AvgIpc) is 2.26. The molecule has 6 heteroatoms. The summed E-state index contributed by atoms with van der Waals surface area (Å²) in [7, 11) is 3.85. The zero-order valence-electron chi connectivity index (χ0n) is 11.2. The number of likely N-dealkylation sites (N-methyl/N-ethyl adjacent to an activating group) is 1. The van der Waals surface area contributed by atoms with Crippen LogP contribution in [0.2, 0.25) is 0 Å². The number of benzene rings is 1. The Morgan fingerprint density at radius 1 is 1.26 bits per heavy atom. The number of hydrogen-bond donors (Lipinski definition) is 1. The Hall–Kier alpha value is -0.810. The van der Waals surface area contributed by atoms with Gasteiger partial charge in [-0.1, -0.05) is 30.3 Å². The van der Waals surface area contributed by atoms with Gasteiger partial charge in [0.1, 0.15) is 6.61 Å². The predicted molar refractivity (Wildman–Crippen MR) is 81.9 cm³/mol. The fourth-order valence-corrected chi connectivity index (χ4v) is 1.54. The van der Waals surface area contributed by atoms with Crippen LogP contribution in [0, 0.1) is 0 Å². The minimum Gasteiger partial charge on any atom is -0.461 e. The molecule has 0 radical (unpaired) electrons. The van der Waals surface area contributed by atoms with Crippen molar-refractivity contribution in [1.82, 2.24) is 4.90 Å². The number of nitrogens with two attached hydrogens (primary N) is 1. The highest BCUT2D eigenvalue weighted by atomic mass is 35.5. The molecule has 0 amide bonds. The van der Waals surface area contributed by atoms with E-state index in [1.54, 1.807) is 0 Å². The lowest BCUT2D eigenvalue weighted by Crippen LogP contribution is -2.35. The van der Waals surface area contributed by atoms with E-state index in [1.807, 2.05) is 49.3 Å². The second-order valence-corrected chi connectivity index (χ2v) is 4.37. The molecule has 1 unspecified atom stereocenters. The quantitative estimate of drug-likeness (QED) is 0.815. The summed E-state index contributed by atoms with van der Waals surface area (Å²) in [6.45, 7) is 0.995. The van der Waals surface area contributed by atoms with E-state index in [1.165, 1.54) is 0 Å². The molecule has 2 N–H and O–H groups in total. The van der Waals surface area contributed by atoms with Crippen LogP contribution in [0.15, 0.2) is 30.3 Å². The smallest absolute Gasteiger partial charge is 0.307 e. The maximum absolute atomic E-state index is 11.5. The molecule has 0 aliphatic heterocycles. The van der Waals surface area contributed by atoms with Gasteiger partial charge in [0.25, 0.3) is 0 Å². The summed E-state index contributed by atoms with van der Waals surface area (Å²) in [6.07, 6.45) is 0.255. The highest BCUT2D eigenvalue weighted by Gasteiger charge is 2.11. The maximum Gasteiger partial charge on any atom is 0.307 e. The molecule has 0 aromatic heterocycles. The second kappa shape index (κ2) is 11.1. The van der Waals surface area contributed by atoms with Gasteiger partial charge in [-0.2, -0.15) is 0 Å². The molecule has 1 aromatic rings. The normalized spacial score (nSPS) is 11.2. The Morgan fingerprint density at radius 2 is 1.84 bits per heavy atom. The van der Waals surface area contributed by atoms with Crippen molar-refractivity contribution in [3.05, 3.63) is 35.9 Å². The summed E-state index contributed by atoms with van der Waals surface area (Å²) < 4.78 is 5.14. The van der Waals surface area contributed by atoms with E-state index in [-0.39, 0.29) is 43.2 Å². The average molecular weight is 309 g/mol. The summed E-state index contributed by atoms with van der Waals surface area (Å²) in [5.41, 5.74) is 6.79. The highest BCUT2D eigenvalue weighted by molar-refractivity contribution is 5.85. The van der Waals surface area contributed by atoms with E-state index >= 15 is 0 Å². The van der Waals surface area contributed by atoms with Gasteiger partial charge >= 0.3 is 5.97 Å². The van der Waals surface area contributed by atoms with Crippen LogP contribution >= 0.6 is 24.8 Å². The molecule has 110 valence electrons. The Labute approximate surface area is 127 Å². The molecule has 1 aromatic carbocycles. The van der Waals surface area contributed by atoms with Crippen molar-refractivity contribution in [3.8, 4) is 0 Å². The third-order valence-electron chi connectivity index (χ3n) is 2.27. The van der Waals surface area contributed by atoms with Gasteiger partial charge in [0.05, 0.1) is 6.42 Å². The van der Waals surface area contributed by atoms with Crippen LogP contribution in [-0.4, -0.2) is 37.6 Å². The van der Waals surface area contributed by atoms with Crippen molar-refractivity contribution in [2.24, 2.45) is 5.73 Å². The lowest BCUT2D eigenvalue weighted by molar-refractivity contribution is -0.145. The first-order valence-electron chi connectivity index (χ1n) is 5.68. The summed E-state index contributed by atoms with van der Waals surface area (Å²) in [5, 5.41) is 0. The number of nitrogens with zero attached hydrogens (tertiary/aromatic N) is 1. The van der Waals surface area contributed by atoms with Crippen LogP contribution in [0.4, 0.5) is 0 Å². The Kier molecular flexibility index (Phi) is 11.9. The summed E-state index contributed by atoms with van der Waals surface area (Å²) in [5.74, 6) is -0.247. The molecular formula is C13H22Cl2N2O2. The molecule has 4 nitrogen and oxygen atoms in total. The van der Waals surface area contributed by atoms with Crippen molar-refractivity contribution < 1.29 is 9.53 Å². The van der Waals surface area contributed by atoms with E-state index < -0.39 is 0 Å². The molecule has 19 heavy (non-hydrogen) atoms. The molecule has 1 atom stereocenters. The number of hydrogen-bond acceptors (Lipinski definition) is 4. The van der Waals surface area contributed by atoms with Crippen LogP contribution < -0.4 is 5.73 Å². The molecule has 0 saturated heterocycles. The molecule has 0 saturated carbocycles. The molecule has 0 heterocycles. The SMILES string of the molecule is CN(C)CC(N)CC(=O)OCc1ccccc1.Cl.Cl. The van der Waals surface area contributed by atoms with Gasteiger partial charge in [0, 0.05) is 12.6 Å². The molecule has 0 spiro atoms. The van der Waals surface area contributed by atoms with Gasteiger partial charge < -0.3 is 15.4 Å². The minimum atomic E-state index is -0.247. The molecule has 0 aliphatic rings. The van der Waals surface area contributed by atoms with Crippen LogP contribution in [-0.2, 0) is 16.1 Å². The van der Waals surface area contributed by atoms with Crippen molar-refractivity contribution in [2.75, 3.05) is 20.6 Å². The molecule has 0 bridgehead atoms. The van der Waals surface area contributed by atoms with Crippen LogP contribution in [0.3, 0.4) is 0 Å². The summed E-state index contributed by atoms with van der Waals surface area (Å²) in [6, 6.07) is 9.44. The zero-order valence-corrected chi connectivity index (χ0v) is 12.9. The first-order valence-corrected chi connectivity index (χ1v) is 5.68. The fraction of sp³-hybridized carbons (Fsp3) is 0.462. The monoisotopic (exact) mass is 308 g/mol. The number of ether oxygens (including phenoxy) is 1. The van der Waals surface area contributed by atoms with Gasteiger partial charge in [0.15, 0.2) is 0 Å². The first kappa shape index (κ1) is 20.5. The van der Waals surface area contributed by atoms with Crippen molar-refractivity contribution in [1.29, 1.82) is 0 Å². The summed E-state index contributed by atoms with van der Waals surface area (Å²) >= 11 is 0. The van der Waals surface area contributed by atoms with E-state index in [0.717, 1.165) is 5.56 Å². The Morgan fingerprint density at radius 3 is 2.37 bits per heavy atom. The largest absolute Gasteiger partial charge is 0.461 e. The number of rotatable bonds is 6. The van der Waals surface area contributed by atoms with Gasteiger partial charge in [0.2, 0.25) is 0 Å². The lowest BCUT2D eigenvalue weighted by Gasteiger charge is -2.16. The standard InChI is InChI=1S/C13H20N2O2.2ClH/c1-15(2)9-12(14)8-13(16)17-10-11-6-4-3-5-7-11;;/h3-7,12H,8-10,14H2,1-2H3;2*1H. The molecule has 0 aliphatic carbocycles. The summed E-state index contributed by atoms with van der Waals surface area (Å²) in [4.78, 5) is 13.4. The Bertz CT molecular complexity index is 348. The molecule has 1 rings (SSSR count). The van der Waals surface area contributed by atoms with Crippen molar-refractivity contribution >= 4 is 30.8 Å². The second-order valence-electron chi connectivity index (χ2n) is 4.37. The van der Waals surface area contributed by atoms with Crippen LogP contribution in [0.1, 0.15) is 12.0 Å². The van der Waals surface area contributed by atoms with E-state index in [9.17, 15) is 4.79 Å². The lowest BCUT2D eigenvalue weighted by atomic mass is 10.2. The van der Waals surface area contributed by atoms with Gasteiger partial charge in [-0.3, -0.25) is 4.79 Å². The zero-order chi connectivity index (χ0) is 12.7. The predicted octanol–water partition coefficient (Wildman–Crippen LogP) is 1.85. The number of esters is 1. The maximum atomic E-state index is 11.5. The third-order valence-corrected chi connectivity index (χ3v) is 2.27. The van der Waals surface area contributed by atoms with E-state index in [2.05, 4.69) is 0 Å². The van der Waals surface area contributed by atoms with Crippen LogP contribution in [0.5, 0.6) is 0 Å².